The van der Waals surface area contributed by atoms with Gasteiger partial charge in [-0.2, -0.15) is 0 Å². The molecule has 0 aliphatic carbocycles. The van der Waals surface area contributed by atoms with E-state index >= 15 is 0 Å². The number of halogens is 1. The Bertz CT molecular complexity index is 1290. The standard InChI is InChI=1S/C28H27ClN2O4S/c1-4-5-6-18-7-11-20(12-8-18)31-27(32)25(30-23-17-21(34-2)13-16-24(23)35-3)26(28(31)33)36-22-14-9-19(29)10-15-22/h7-17,30H,4-6H2,1-3H3. The zero-order valence-electron chi connectivity index (χ0n) is 20.3. The average Bonchev–Trinajstić information content (AvgIpc) is 3.12. The van der Waals surface area contributed by atoms with Gasteiger partial charge in [-0.1, -0.05) is 48.8 Å². The average molecular weight is 523 g/mol. The SMILES string of the molecule is CCCCc1ccc(N2C(=O)C(Nc3cc(OC)ccc3OC)=C(Sc3ccc(Cl)cc3)C2=O)cc1. The van der Waals surface area contributed by atoms with Crippen LogP contribution in [0.15, 0.2) is 82.2 Å². The van der Waals surface area contributed by atoms with Crippen molar-refractivity contribution in [2.24, 2.45) is 0 Å². The van der Waals surface area contributed by atoms with Gasteiger partial charge in [-0.05, 0) is 66.9 Å². The van der Waals surface area contributed by atoms with Crippen LogP contribution in [0.2, 0.25) is 5.02 Å². The van der Waals surface area contributed by atoms with Crippen molar-refractivity contribution in [3.05, 3.63) is 87.9 Å². The first-order valence-electron chi connectivity index (χ1n) is 11.6. The number of thioether (sulfide) groups is 1. The minimum absolute atomic E-state index is 0.168. The quantitative estimate of drug-likeness (QED) is 0.299. The first-order chi connectivity index (χ1) is 17.4. The van der Waals surface area contributed by atoms with Crippen LogP contribution in [0.1, 0.15) is 25.3 Å². The predicted octanol–water partition coefficient (Wildman–Crippen LogP) is 6.69. The Labute approximate surface area is 220 Å². The number of anilines is 2. The molecule has 8 heteroatoms. The number of amides is 2. The van der Waals surface area contributed by atoms with Gasteiger partial charge in [0.15, 0.2) is 0 Å². The Kier molecular flexibility index (Phi) is 8.23. The molecule has 0 aromatic heterocycles. The molecule has 6 nitrogen and oxygen atoms in total. The Balaban J connectivity index is 1.72. The van der Waals surface area contributed by atoms with E-state index in [2.05, 4.69) is 12.2 Å². The van der Waals surface area contributed by atoms with Crippen LogP contribution in [0.4, 0.5) is 11.4 Å². The second-order valence-electron chi connectivity index (χ2n) is 8.17. The van der Waals surface area contributed by atoms with Gasteiger partial charge in [-0.3, -0.25) is 9.59 Å². The van der Waals surface area contributed by atoms with Crippen LogP contribution in [-0.2, 0) is 16.0 Å². The van der Waals surface area contributed by atoms with E-state index < -0.39 is 11.8 Å². The minimum Gasteiger partial charge on any atom is -0.497 e. The number of rotatable bonds is 10. The number of nitrogens with one attached hydrogen (secondary N) is 1. The Morgan fingerprint density at radius 3 is 2.28 bits per heavy atom. The molecule has 0 fully saturated rings. The van der Waals surface area contributed by atoms with Crippen molar-refractivity contribution in [2.45, 2.75) is 31.1 Å². The van der Waals surface area contributed by atoms with Gasteiger partial charge in [0.25, 0.3) is 11.8 Å². The molecular weight excluding hydrogens is 496 g/mol. The molecule has 3 aromatic rings. The smallest absolute Gasteiger partial charge is 0.283 e. The highest BCUT2D eigenvalue weighted by Gasteiger charge is 2.40. The Hall–Kier alpha value is -3.42. The van der Waals surface area contributed by atoms with Gasteiger partial charge in [-0.15, -0.1) is 0 Å². The number of hydrogen-bond donors (Lipinski definition) is 1. The van der Waals surface area contributed by atoms with Gasteiger partial charge in [0.05, 0.1) is 25.6 Å². The normalized spacial score (nSPS) is 13.4. The number of imide groups is 1. The van der Waals surface area contributed by atoms with Crippen molar-refractivity contribution in [1.82, 2.24) is 0 Å². The lowest BCUT2D eigenvalue weighted by atomic mass is 10.1. The highest BCUT2D eigenvalue weighted by Crippen LogP contribution is 2.40. The molecule has 1 aliphatic heterocycles. The molecule has 0 radical (unpaired) electrons. The Morgan fingerprint density at radius 2 is 1.64 bits per heavy atom. The zero-order chi connectivity index (χ0) is 25.7. The van der Waals surface area contributed by atoms with Gasteiger partial charge in [0.1, 0.15) is 22.1 Å². The number of ether oxygens (including phenoxy) is 2. The van der Waals surface area contributed by atoms with Crippen LogP contribution in [0.5, 0.6) is 11.5 Å². The van der Waals surface area contributed by atoms with Gasteiger partial charge in [0, 0.05) is 16.0 Å². The monoisotopic (exact) mass is 522 g/mol. The number of aryl methyl sites for hydroxylation is 1. The van der Waals surface area contributed by atoms with Crippen LogP contribution in [0.3, 0.4) is 0 Å². The first kappa shape index (κ1) is 25.7. The second kappa shape index (κ2) is 11.5. The van der Waals surface area contributed by atoms with Gasteiger partial charge in [-0.25, -0.2) is 4.90 Å². The van der Waals surface area contributed by atoms with Crippen molar-refractivity contribution in [3.8, 4) is 11.5 Å². The molecular formula is C28H27ClN2O4S. The summed E-state index contributed by atoms with van der Waals surface area (Å²) in [5.41, 5.74) is 2.37. The number of methoxy groups -OCH3 is 2. The maximum atomic E-state index is 13.7. The van der Waals surface area contributed by atoms with E-state index in [1.54, 1.807) is 44.6 Å². The third-order valence-corrected chi connectivity index (χ3v) is 7.10. The fraction of sp³-hybridized carbons (Fsp3) is 0.214. The van der Waals surface area contributed by atoms with Crippen molar-refractivity contribution >= 4 is 46.6 Å². The molecule has 0 unspecified atom stereocenters. The van der Waals surface area contributed by atoms with E-state index in [9.17, 15) is 9.59 Å². The molecule has 0 bridgehead atoms. The molecule has 0 saturated carbocycles. The third kappa shape index (κ3) is 5.53. The van der Waals surface area contributed by atoms with E-state index in [0.29, 0.717) is 27.9 Å². The zero-order valence-corrected chi connectivity index (χ0v) is 21.9. The van der Waals surface area contributed by atoms with E-state index in [1.165, 1.54) is 22.2 Å². The van der Waals surface area contributed by atoms with Crippen LogP contribution in [0, 0.1) is 0 Å². The summed E-state index contributed by atoms with van der Waals surface area (Å²) in [6.45, 7) is 2.15. The third-order valence-electron chi connectivity index (χ3n) is 5.75. The summed E-state index contributed by atoms with van der Waals surface area (Å²) in [4.78, 5) is 29.6. The molecule has 1 N–H and O–H groups in total. The van der Waals surface area contributed by atoms with Gasteiger partial charge < -0.3 is 14.8 Å². The van der Waals surface area contributed by atoms with Crippen molar-refractivity contribution < 1.29 is 19.1 Å². The van der Waals surface area contributed by atoms with E-state index in [0.717, 1.165) is 24.2 Å². The Morgan fingerprint density at radius 1 is 0.917 bits per heavy atom. The summed E-state index contributed by atoms with van der Waals surface area (Å²) < 4.78 is 10.8. The summed E-state index contributed by atoms with van der Waals surface area (Å²) >= 11 is 7.25. The second-order valence-corrected chi connectivity index (χ2v) is 9.69. The molecule has 4 rings (SSSR count). The van der Waals surface area contributed by atoms with Crippen LogP contribution >= 0.6 is 23.4 Å². The fourth-order valence-electron chi connectivity index (χ4n) is 3.81. The van der Waals surface area contributed by atoms with Crippen molar-refractivity contribution in [2.75, 3.05) is 24.4 Å². The number of carbonyl (C=O) groups excluding carboxylic acids is 2. The maximum absolute atomic E-state index is 13.7. The lowest BCUT2D eigenvalue weighted by Crippen LogP contribution is -2.32. The maximum Gasteiger partial charge on any atom is 0.283 e. The molecule has 186 valence electrons. The highest BCUT2D eigenvalue weighted by molar-refractivity contribution is 8.04. The predicted molar refractivity (Wildman–Crippen MR) is 145 cm³/mol. The van der Waals surface area contributed by atoms with Crippen molar-refractivity contribution in [1.29, 1.82) is 0 Å². The largest absolute Gasteiger partial charge is 0.497 e. The summed E-state index contributed by atoms with van der Waals surface area (Å²) in [6, 6.07) is 19.9. The summed E-state index contributed by atoms with van der Waals surface area (Å²) in [7, 11) is 3.10. The lowest BCUT2D eigenvalue weighted by molar-refractivity contribution is -0.120. The number of carbonyl (C=O) groups is 2. The summed E-state index contributed by atoms with van der Waals surface area (Å²) in [5, 5.41) is 3.74. The molecule has 0 saturated heterocycles. The molecule has 1 heterocycles. The summed E-state index contributed by atoms with van der Waals surface area (Å²) in [6.07, 6.45) is 3.14. The number of unbranched alkanes of at least 4 members (excludes halogenated alkanes) is 1. The van der Waals surface area contributed by atoms with Crippen LogP contribution in [-0.4, -0.2) is 26.0 Å². The highest BCUT2D eigenvalue weighted by atomic mass is 35.5. The van der Waals surface area contributed by atoms with E-state index in [1.807, 2.05) is 36.4 Å². The van der Waals surface area contributed by atoms with E-state index in [-0.39, 0.29) is 10.6 Å². The minimum atomic E-state index is -0.442. The first-order valence-corrected chi connectivity index (χ1v) is 12.8. The lowest BCUT2D eigenvalue weighted by Gasteiger charge is -2.16. The van der Waals surface area contributed by atoms with Crippen molar-refractivity contribution in [3.63, 3.8) is 0 Å². The topological polar surface area (TPSA) is 67.9 Å². The number of benzene rings is 3. The molecule has 2 amide bonds. The molecule has 1 aliphatic rings. The van der Waals surface area contributed by atoms with E-state index in [4.69, 9.17) is 21.1 Å². The van der Waals surface area contributed by atoms with Gasteiger partial charge in [0.2, 0.25) is 0 Å². The molecule has 0 spiro atoms. The molecule has 0 atom stereocenters. The number of nitrogens with zero attached hydrogens (tertiary/aromatic N) is 1. The molecule has 36 heavy (non-hydrogen) atoms. The van der Waals surface area contributed by atoms with Gasteiger partial charge >= 0.3 is 0 Å². The van der Waals surface area contributed by atoms with Crippen LogP contribution < -0.4 is 19.7 Å². The fourth-order valence-corrected chi connectivity index (χ4v) is 4.86. The molecule has 3 aromatic carbocycles. The van der Waals surface area contributed by atoms with Crippen LogP contribution in [0.25, 0.3) is 0 Å². The number of hydrogen-bond acceptors (Lipinski definition) is 6. The summed E-state index contributed by atoms with van der Waals surface area (Å²) in [5.74, 6) is 0.258.